The highest BCUT2D eigenvalue weighted by atomic mass is 16.5. The predicted octanol–water partition coefficient (Wildman–Crippen LogP) is 4.02. The van der Waals surface area contributed by atoms with Crippen LogP contribution in [0.15, 0.2) is 60.7 Å². The number of carbonyl (C=O) groups excluding carboxylic acids is 3. The van der Waals surface area contributed by atoms with E-state index in [1.165, 1.54) is 17.7 Å². The molecule has 1 aliphatic rings. The van der Waals surface area contributed by atoms with E-state index in [1.807, 2.05) is 24.3 Å². The second kappa shape index (κ2) is 9.01. The van der Waals surface area contributed by atoms with Gasteiger partial charge in [0.25, 0.3) is 11.8 Å². The number of hydrogen-bond acceptors (Lipinski definition) is 5. The molecule has 0 spiro atoms. The number of para-hydroxylation sites is 1. The molecule has 0 radical (unpaired) electrons. The third-order valence-electron chi connectivity index (χ3n) is 5.34. The Balaban J connectivity index is 1.44. The van der Waals surface area contributed by atoms with Crippen LogP contribution in [0.1, 0.15) is 49.4 Å². The Morgan fingerprint density at radius 3 is 2.50 bits per heavy atom. The van der Waals surface area contributed by atoms with E-state index in [0.29, 0.717) is 29.1 Å². The van der Waals surface area contributed by atoms with E-state index in [1.54, 1.807) is 43.0 Å². The molecule has 2 heterocycles. The lowest BCUT2D eigenvalue weighted by Gasteiger charge is -2.17. The quantitative estimate of drug-likeness (QED) is 0.619. The fourth-order valence-corrected chi connectivity index (χ4v) is 3.71. The van der Waals surface area contributed by atoms with Crippen molar-refractivity contribution in [1.82, 2.24) is 4.98 Å². The number of aromatic nitrogens is 1. The molecule has 0 bridgehead atoms. The largest absolute Gasteiger partial charge is 0.462 e. The minimum absolute atomic E-state index is 0.0697. The van der Waals surface area contributed by atoms with Crippen molar-refractivity contribution >= 4 is 29.2 Å². The smallest absolute Gasteiger partial charge is 0.339 e. The summed E-state index contributed by atoms with van der Waals surface area (Å²) in [5.74, 6) is -0.943. The first-order chi connectivity index (χ1) is 15.5. The topological polar surface area (TPSA) is 88.6 Å². The maximum atomic E-state index is 12.9. The van der Waals surface area contributed by atoms with Crippen molar-refractivity contribution in [2.45, 2.75) is 20.3 Å². The number of amides is 2. The number of hydrogen-bond donors (Lipinski definition) is 1. The van der Waals surface area contributed by atoms with Crippen molar-refractivity contribution in [3.63, 3.8) is 0 Å². The molecule has 1 N–H and O–H groups in total. The first-order valence-electron chi connectivity index (χ1n) is 10.4. The van der Waals surface area contributed by atoms with Crippen molar-refractivity contribution in [2.75, 3.05) is 23.4 Å². The van der Waals surface area contributed by atoms with E-state index in [4.69, 9.17) is 4.74 Å². The average molecular weight is 429 g/mol. The van der Waals surface area contributed by atoms with Crippen LogP contribution in [-0.2, 0) is 11.2 Å². The molecule has 2 amide bonds. The molecule has 1 aliphatic heterocycles. The van der Waals surface area contributed by atoms with E-state index in [-0.39, 0.29) is 18.2 Å². The van der Waals surface area contributed by atoms with Crippen molar-refractivity contribution in [2.24, 2.45) is 0 Å². The molecule has 0 saturated carbocycles. The number of nitrogens with zero attached hydrogens (tertiary/aromatic N) is 2. The number of carbonyl (C=O) groups is 3. The number of fused-ring (bicyclic) bond motifs is 1. The molecule has 0 aliphatic carbocycles. The molecular formula is C25H23N3O4. The zero-order valence-electron chi connectivity index (χ0n) is 17.9. The molecule has 162 valence electrons. The van der Waals surface area contributed by atoms with Gasteiger partial charge in [-0.25, -0.2) is 9.78 Å². The zero-order valence-corrected chi connectivity index (χ0v) is 17.9. The molecule has 32 heavy (non-hydrogen) atoms. The summed E-state index contributed by atoms with van der Waals surface area (Å²) in [6.07, 6.45) is 0.845. The van der Waals surface area contributed by atoms with Gasteiger partial charge in [-0.15, -0.1) is 0 Å². The van der Waals surface area contributed by atoms with Gasteiger partial charge in [0.15, 0.2) is 0 Å². The summed E-state index contributed by atoms with van der Waals surface area (Å²) in [5.41, 5.74) is 4.14. The van der Waals surface area contributed by atoms with Gasteiger partial charge in [0.2, 0.25) is 0 Å². The summed E-state index contributed by atoms with van der Waals surface area (Å²) < 4.78 is 4.98. The van der Waals surface area contributed by atoms with E-state index < -0.39 is 11.9 Å². The summed E-state index contributed by atoms with van der Waals surface area (Å²) in [6.45, 7) is 4.30. The highest BCUT2D eigenvalue weighted by molar-refractivity contribution is 6.08. The second-order valence-corrected chi connectivity index (χ2v) is 7.42. The molecule has 1 aromatic heterocycles. The van der Waals surface area contributed by atoms with Gasteiger partial charge in [-0.05, 0) is 68.3 Å². The van der Waals surface area contributed by atoms with Crippen molar-refractivity contribution in [3.8, 4) is 0 Å². The molecule has 2 aromatic carbocycles. The molecule has 0 fully saturated rings. The Labute approximate surface area is 186 Å². The van der Waals surface area contributed by atoms with Crippen LogP contribution in [-0.4, -0.2) is 35.9 Å². The maximum Gasteiger partial charge on any atom is 0.339 e. The summed E-state index contributed by atoms with van der Waals surface area (Å²) >= 11 is 0. The van der Waals surface area contributed by atoms with Crippen LogP contribution in [0.3, 0.4) is 0 Å². The van der Waals surface area contributed by atoms with Crippen LogP contribution in [0.5, 0.6) is 0 Å². The van der Waals surface area contributed by atoms with Gasteiger partial charge >= 0.3 is 5.97 Å². The number of esters is 1. The van der Waals surface area contributed by atoms with E-state index in [2.05, 4.69) is 10.3 Å². The summed E-state index contributed by atoms with van der Waals surface area (Å²) in [6, 6.07) is 17.7. The molecule has 0 saturated heterocycles. The lowest BCUT2D eigenvalue weighted by Crippen LogP contribution is -2.28. The fourth-order valence-electron chi connectivity index (χ4n) is 3.71. The number of ether oxygens (including phenoxy) is 1. The van der Waals surface area contributed by atoms with Gasteiger partial charge in [-0.1, -0.05) is 18.2 Å². The lowest BCUT2D eigenvalue weighted by atomic mass is 10.1. The number of anilines is 2. The number of benzene rings is 2. The fraction of sp³-hybridized carbons (Fsp3) is 0.200. The first-order valence-corrected chi connectivity index (χ1v) is 10.4. The van der Waals surface area contributed by atoms with E-state index >= 15 is 0 Å². The predicted molar refractivity (Wildman–Crippen MR) is 121 cm³/mol. The van der Waals surface area contributed by atoms with Crippen molar-refractivity contribution in [1.29, 1.82) is 0 Å². The van der Waals surface area contributed by atoms with Crippen LogP contribution in [0.2, 0.25) is 0 Å². The van der Waals surface area contributed by atoms with Crippen molar-refractivity contribution < 1.29 is 19.1 Å². The van der Waals surface area contributed by atoms with Gasteiger partial charge in [0, 0.05) is 23.5 Å². The third kappa shape index (κ3) is 4.23. The summed E-state index contributed by atoms with van der Waals surface area (Å²) in [5, 5.41) is 2.77. The molecule has 3 aromatic rings. The van der Waals surface area contributed by atoms with Gasteiger partial charge in [-0.2, -0.15) is 0 Å². The van der Waals surface area contributed by atoms with Crippen LogP contribution >= 0.6 is 0 Å². The third-order valence-corrected chi connectivity index (χ3v) is 5.34. The minimum atomic E-state index is -0.467. The average Bonchev–Trinajstić information content (AvgIpc) is 3.23. The monoisotopic (exact) mass is 429 g/mol. The number of rotatable bonds is 5. The first kappa shape index (κ1) is 21.2. The highest BCUT2D eigenvalue weighted by Gasteiger charge is 2.25. The highest BCUT2D eigenvalue weighted by Crippen LogP contribution is 2.29. The molecular weight excluding hydrogens is 406 g/mol. The van der Waals surface area contributed by atoms with Gasteiger partial charge in [0.05, 0.1) is 17.9 Å². The van der Waals surface area contributed by atoms with Gasteiger partial charge < -0.3 is 15.0 Å². The molecule has 7 nitrogen and oxygen atoms in total. The van der Waals surface area contributed by atoms with Crippen LogP contribution in [0, 0.1) is 6.92 Å². The van der Waals surface area contributed by atoms with E-state index in [9.17, 15) is 14.4 Å². The van der Waals surface area contributed by atoms with Crippen LogP contribution in [0.25, 0.3) is 0 Å². The number of nitrogens with one attached hydrogen (secondary N) is 1. The number of pyridine rings is 1. The molecule has 0 atom stereocenters. The Kier molecular flexibility index (Phi) is 5.98. The molecule has 0 unspecified atom stereocenters. The second-order valence-electron chi connectivity index (χ2n) is 7.42. The van der Waals surface area contributed by atoms with Gasteiger partial charge in [0.1, 0.15) is 5.69 Å². The Morgan fingerprint density at radius 2 is 1.78 bits per heavy atom. The lowest BCUT2D eigenvalue weighted by molar-refractivity contribution is 0.0524. The Bertz CT molecular complexity index is 1190. The summed E-state index contributed by atoms with van der Waals surface area (Å²) in [4.78, 5) is 43.4. The molecule has 4 rings (SSSR count). The Hall–Kier alpha value is -4.00. The van der Waals surface area contributed by atoms with Crippen LogP contribution in [0.4, 0.5) is 11.4 Å². The van der Waals surface area contributed by atoms with Gasteiger partial charge in [-0.3, -0.25) is 9.59 Å². The zero-order chi connectivity index (χ0) is 22.7. The number of aryl methyl sites for hydroxylation is 1. The molecule has 7 heteroatoms. The van der Waals surface area contributed by atoms with Crippen LogP contribution < -0.4 is 10.2 Å². The maximum absolute atomic E-state index is 12.9. The minimum Gasteiger partial charge on any atom is -0.462 e. The SMILES string of the molecule is CCOC(=O)c1ccc(C(=O)Nc2ccc(C(=O)N3CCc4ccccc43)cc2)nc1C. The van der Waals surface area contributed by atoms with E-state index in [0.717, 1.165) is 12.1 Å². The standard InChI is InChI=1S/C25H23N3O4/c1-3-32-25(31)20-12-13-21(26-16(20)2)23(29)27-19-10-8-18(9-11-19)24(30)28-15-14-17-6-4-5-7-22(17)28/h4-13H,3,14-15H2,1-2H3,(H,27,29). The summed E-state index contributed by atoms with van der Waals surface area (Å²) in [7, 11) is 0. The van der Waals surface area contributed by atoms with Crippen molar-refractivity contribution in [3.05, 3.63) is 88.7 Å². The normalized spacial score (nSPS) is 12.2. The Morgan fingerprint density at radius 1 is 1.03 bits per heavy atom.